The highest BCUT2D eigenvalue weighted by Gasteiger charge is 2.21. The van der Waals surface area contributed by atoms with Gasteiger partial charge >= 0.3 is 0 Å². The molecule has 4 rings (SSSR count). The summed E-state index contributed by atoms with van der Waals surface area (Å²) >= 11 is 0. The third-order valence-corrected chi connectivity index (χ3v) is 6.73. The Labute approximate surface area is 195 Å². The van der Waals surface area contributed by atoms with Crippen molar-refractivity contribution in [2.75, 3.05) is 13.1 Å². The van der Waals surface area contributed by atoms with Gasteiger partial charge in [0.15, 0.2) is 0 Å². The molecule has 0 N–H and O–H groups in total. The lowest BCUT2D eigenvalue weighted by Gasteiger charge is -2.19. The van der Waals surface area contributed by atoms with Gasteiger partial charge in [-0.05, 0) is 55.9 Å². The van der Waals surface area contributed by atoms with Crippen LogP contribution >= 0.6 is 0 Å². The molecule has 0 fully saturated rings. The van der Waals surface area contributed by atoms with Crippen LogP contribution in [-0.2, 0) is 0 Å². The van der Waals surface area contributed by atoms with Gasteiger partial charge < -0.3 is 14.3 Å². The monoisotopic (exact) mass is 441 g/mol. The number of carbonyl (C=O) groups excluding carboxylic acids is 1. The fourth-order valence-corrected chi connectivity index (χ4v) is 4.86. The largest absolute Gasteiger partial charge is 0.545 e. The average Bonchev–Trinajstić information content (AvgIpc) is 2.84. The van der Waals surface area contributed by atoms with Gasteiger partial charge in [-0.15, -0.1) is 0 Å². The SMILES string of the molecule is CCC(CC)c1ccc2c(-c3ccccc3C(=O)[O-])c3ccc(=[N+](CC)CC)cc-3oc2c1. The first kappa shape index (κ1) is 22.8. The van der Waals surface area contributed by atoms with E-state index in [1.54, 1.807) is 12.1 Å². The van der Waals surface area contributed by atoms with E-state index >= 15 is 0 Å². The Morgan fingerprint density at radius 3 is 2.30 bits per heavy atom. The maximum Gasteiger partial charge on any atom is 0.203 e. The van der Waals surface area contributed by atoms with E-state index in [9.17, 15) is 9.90 Å². The number of benzene rings is 3. The Kier molecular flexibility index (Phi) is 6.64. The number of aromatic carboxylic acids is 1. The van der Waals surface area contributed by atoms with Gasteiger partial charge in [-0.25, -0.2) is 4.58 Å². The summed E-state index contributed by atoms with van der Waals surface area (Å²) in [7, 11) is 0. The quantitative estimate of drug-likeness (QED) is 0.289. The van der Waals surface area contributed by atoms with Gasteiger partial charge in [0.25, 0.3) is 0 Å². The Morgan fingerprint density at radius 1 is 0.909 bits per heavy atom. The molecule has 4 heteroatoms. The Balaban J connectivity index is 2.13. The predicted molar refractivity (Wildman–Crippen MR) is 132 cm³/mol. The van der Waals surface area contributed by atoms with E-state index < -0.39 is 5.97 Å². The standard InChI is InChI=1S/C29H31NO3/c1-5-19(6-2)20-13-15-24-26(17-20)33-27-18-21(30(7-3)8-4)14-16-25(27)28(24)22-11-9-10-12-23(22)29(31)32/h9-19H,5-8H2,1-4H3. The maximum atomic E-state index is 12.0. The van der Waals surface area contributed by atoms with Crippen molar-refractivity contribution in [3.63, 3.8) is 0 Å². The fraction of sp³-hybridized carbons (Fsp3) is 0.310. The molecule has 0 saturated carbocycles. The summed E-state index contributed by atoms with van der Waals surface area (Å²) in [4.78, 5) is 12.0. The average molecular weight is 442 g/mol. The van der Waals surface area contributed by atoms with E-state index in [-0.39, 0.29) is 5.56 Å². The van der Waals surface area contributed by atoms with E-state index in [4.69, 9.17) is 4.42 Å². The van der Waals surface area contributed by atoms with Gasteiger partial charge in [0, 0.05) is 28.1 Å². The fourth-order valence-electron chi connectivity index (χ4n) is 4.86. The highest BCUT2D eigenvalue weighted by atomic mass is 16.4. The predicted octanol–water partition coefficient (Wildman–Crippen LogP) is 5.28. The smallest absolute Gasteiger partial charge is 0.203 e. The summed E-state index contributed by atoms with van der Waals surface area (Å²) in [6, 6.07) is 19.6. The molecule has 2 aromatic carbocycles. The molecule has 33 heavy (non-hydrogen) atoms. The topological polar surface area (TPSA) is 56.3 Å². The van der Waals surface area contributed by atoms with Crippen LogP contribution in [0.5, 0.6) is 0 Å². The number of rotatable bonds is 7. The molecule has 0 amide bonds. The Bertz CT molecular complexity index is 1340. The second-order valence-electron chi connectivity index (χ2n) is 8.43. The zero-order valence-electron chi connectivity index (χ0n) is 19.9. The molecule has 0 spiro atoms. The lowest BCUT2D eigenvalue weighted by atomic mass is 9.88. The number of fused-ring (bicyclic) bond motifs is 2. The molecule has 1 heterocycles. The van der Waals surface area contributed by atoms with E-state index in [1.807, 2.05) is 18.2 Å². The second kappa shape index (κ2) is 9.62. The maximum absolute atomic E-state index is 12.0. The van der Waals surface area contributed by atoms with E-state index in [0.717, 1.165) is 59.1 Å². The van der Waals surface area contributed by atoms with Crippen LogP contribution in [0.15, 0.2) is 65.1 Å². The molecular weight excluding hydrogens is 410 g/mol. The molecule has 0 bridgehead atoms. The van der Waals surface area contributed by atoms with Crippen LogP contribution in [0.1, 0.15) is 62.4 Å². The second-order valence-corrected chi connectivity index (χ2v) is 8.43. The van der Waals surface area contributed by atoms with Crippen LogP contribution in [0.4, 0.5) is 0 Å². The van der Waals surface area contributed by atoms with Gasteiger partial charge in [-0.1, -0.05) is 50.2 Å². The molecule has 1 aliphatic carbocycles. The first-order valence-electron chi connectivity index (χ1n) is 11.9. The number of carboxylic acids is 1. The van der Waals surface area contributed by atoms with E-state index in [1.165, 1.54) is 5.56 Å². The zero-order chi connectivity index (χ0) is 23.5. The highest BCUT2D eigenvalue weighted by Crippen LogP contribution is 2.42. The molecular formula is C29H31NO3. The van der Waals surface area contributed by atoms with Crippen LogP contribution < -0.4 is 15.0 Å². The zero-order valence-corrected chi connectivity index (χ0v) is 19.9. The van der Waals surface area contributed by atoms with Gasteiger partial charge in [-0.2, -0.15) is 0 Å². The Morgan fingerprint density at radius 2 is 1.64 bits per heavy atom. The molecule has 0 radical (unpaired) electrons. The minimum atomic E-state index is -1.18. The number of carboxylic acid groups (broad SMARTS) is 1. The molecule has 1 aliphatic heterocycles. The van der Waals surface area contributed by atoms with E-state index in [2.05, 4.69) is 62.6 Å². The van der Waals surface area contributed by atoms with Crippen LogP contribution in [-0.4, -0.2) is 19.1 Å². The molecule has 0 atom stereocenters. The van der Waals surface area contributed by atoms with Crippen LogP contribution in [0.3, 0.4) is 0 Å². The van der Waals surface area contributed by atoms with Crippen LogP contribution in [0, 0.1) is 0 Å². The number of hydrogen-bond donors (Lipinski definition) is 0. The summed E-state index contributed by atoms with van der Waals surface area (Å²) in [5.74, 6) is 0.0270. The van der Waals surface area contributed by atoms with Crippen molar-refractivity contribution in [3.05, 3.63) is 77.1 Å². The van der Waals surface area contributed by atoms with Crippen molar-refractivity contribution in [2.45, 2.75) is 46.5 Å². The van der Waals surface area contributed by atoms with Gasteiger partial charge in [0.05, 0.1) is 12.0 Å². The molecule has 170 valence electrons. The lowest BCUT2D eigenvalue weighted by molar-refractivity contribution is -0.254. The minimum absolute atomic E-state index is 0.184. The van der Waals surface area contributed by atoms with Crippen molar-refractivity contribution in [1.82, 2.24) is 4.58 Å². The normalized spacial score (nSPS) is 11.4. The van der Waals surface area contributed by atoms with Gasteiger partial charge in [-0.3, -0.25) is 0 Å². The van der Waals surface area contributed by atoms with Crippen molar-refractivity contribution in [2.24, 2.45) is 0 Å². The summed E-state index contributed by atoms with van der Waals surface area (Å²) in [5.41, 5.74) is 4.61. The van der Waals surface area contributed by atoms with Crippen LogP contribution in [0.2, 0.25) is 0 Å². The van der Waals surface area contributed by atoms with Gasteiger partial charge in [0.2, 0.25) is 5.36 Å². The molecule has 0 aromatic heterocycles. The molecule has 2 aliphatic rings. The van der Waals surface area contributed by atoms with Crippen molar-refractivity contribution >= 4 is 16.9 Å². The number of hydrogen-bond acceptors (Lipinski definition) is 3. The minimum Gasteiger partial charge on any atom is -0.545 e. The molecule has 2 aromatic rings. The summed E-state index contributed by atoms with van der Waals surface area (Å²) in [6.45, 7) is 10.5. The highest BCUT2D eigenvalue weighted by molar-refractivity contribution is 6.07. The lowest BCUT2D eigenvalue weighted by Crippen LogP contribution is -2.29. The van der Waals surface area contributed by atoms with Crippen LogP contribution in [0.25, 0.3) is 33.4 Å². The first-order valence-corrected chi connectivity index (χ1v) is 11.9. The molecule has 0 saturated heterocycles. The summed E-state index contributed by atoms with van der Waals surface area (Å²) < 4.78 is 8.75. The number of nitrogens with zero attached hydrogens (tertiary/aromatic N) is 1. The third-order valence-electron chi connectivity index (χ3n) is 6.73. The summed E-state index contributed by atoms with van der Waals surface area (Å²) in [6.07, 6.45) is 2.12. The number of carbonyl (C=O) groups is 1. The molecule has 0 unspecified atom stereocenters. The van der Waals surface area contributed by atoms with Crippen molar-refractivity contribution in [3.8, 4) is 22.5 Å². The molecule has 4 nitrogen and oxygen atoms in total. The first-order chi connectivity index (χ1) is 16.0. The van der Waals surface area contributed by atoms with Crippen molar-refractivity contribution < 1.29 is 14.3 Å². The van der Waals surface area contributed by atoms with Gasteiger partial charge in [0.1, 0.15) is 24.4 Å². The van der Waals surface area contributed by atoms with Crippen molar-refractivity contribution in [1.29, 1.82) is 0 Å². The van der Waals surface area contributed by atoms with E-state index in [0.29, 0.717) is 11.5 Å². The third kappa shape index (κ3) is 4.18. The Hall–Kier alpha value is -3.40. The summed E-state index contributed by atoms with van der Waals surface area (Å²) in [5, 5.41) is 14.0.